The molecule has 0 spiro atoms. The zero-order chi connectivity index (χ0) is 15.7. The average molecular weight is 310 g/mol. The van der Waals surface area contributed by atoms with Crippen molar-refractivity contribution in [3.8, 4) is 22.8 Å². The minimum Gasteiger partial charge on any atom is -0.208 e. The molecule has 110 valence electrons. The maximum Gasteiger partial charge on any atom is 0.226 e. The number of rotatable bonds is 2. The Morgan fingerprint density at radius 2 is 1.36 bits per heavy atom. The van der Waals surface area contributed by atoms with Crippen LogP contribution in [0.2, 0.25) is 5.28 Å². The van der Waals surface area contributed by atoms with Gasteiger partial charge in [-0.25, -0.2) is 4.98 Å². The average Bonchev–Trinajstić information content (AvgIpc) is 2.47. The van der Waals surface area contributed by atoms with Gasteiger partial charge in [-0.1, -0.05) is 53.6 Å². The van der Waals surface area contributed by atoms with Gasteiger partial charge in [-0.05, 0) is 37.9 Å². The molecule has 3 aromatic rings. The molecular formula is C18H16ClN3. The van der Waals surface area contributed by atoms with Crippen molar-refractivity contribution in [1.29, 1.82) is 0 Å². The highest BCUT2D eigenvalue weighted by atomic mass is 35.5. The fourth-order valence-corrected chi connectivity index (χ4v) is 2.53. The van der Waals surface area contributed by atoms with Gasteiger partial charge in [-0.15, -0.1) is 0 Å². The summed E-state index contributed by atoms with van der Waals surface area (Å²) in [5.74, 6) is 1.20. The molecule has 0 atom stereocenters. The highest BCUT2D eigenvalue weighted by Gasteiger charge is 2.11. The van der Waals surface area contributed by atoms with Crippen molar-refractivity contribution < 1.29 is 0 Å². The highest BCUT2D eigenvalue weighted by Crippen LogP contribution is 2.25. The highest BCUT2D eigenvalue weighted by molar-refractivity contribution is 6.28. The van der Waals surface area contributed by atoms with Crippen LogP contribution in [-0.2, 0) is 0 Å². The Hall–Kier alpha value is -2.26. The van der Waals surface area contributed by atoms with Crippen LogP contribution in [0.25, 0.3) is 22.8 Å². The van der Waals surface area contributed by atoms with Gasteiger partial charge >= 0.3 is 0 Å². The molecule has 0 saturated heterocycles. The third-order valence-corrected chi connectivity index (χ3v) is 3.71. The predicted molar refractivity (Wildman–Crippen MR) is 89.9 cm³/mol. The lowest BCUT2D eigenvalue weighted by Gasteiger charge is -2.08. The number of aromatic nitrogens is 3. The largest absolute Gasteiger partial charge is 0.226 e. The van der Waals surface area contributed by atoms with Gasteiger partial charge in [-0.2, -0.15) is 9.97 Å². The molecule has 0 aliphatic carbocycles. The van der Waals surface area contributed by atoms with Crippen molar-refractivity contribution in [2.24, 2.45) is 0 Å². The molecule has 4 heteroatoms. The summed E-state index contributed by atoms with van der Waals surface area (Å²) in [4.78, 5) is 13.1. The molecule has 1 heterocycles. The summed E-state index contributed by atoms with van der Waals surface area (Å²) < 4.78 is 0. The molecular weight excluding hydrogens is 294 g/mol. The number of nitrogens with zero attached hydrogens (tertiary/aromatic N) is 3. The Kier molecular flexibility index (Phi) is 3.90. The molecule has 3 rings (SSSR count). The van der Waals surface area contributed by atoms with Crippen LogP contribution in [0.3, 0.4) is 0 Å². The molecule has 3 nitrogen and oxygen atoms in total. The van der Waals surface area contributed by atoms with E-state index < -0.39 is 0 Å². The SMILES string of the molecule is Cc1ccc(-c2nc(Cl)nc(-c3ccc(C)cc3C)n2)cc1. The second-order valence-corrected chi connectivity index (χ2v) is 5.77. The summed E-state index contributed by atoms with van der Waals surface area (Å²) >= 11 is 6.10. The van der Waals surface area contributed by atoms with E-state index in [2.05, 4.69) is 27.9 Å². The number of hydrogen-bond donors (Lipinski definition) is 0. The van der Waals surface area contributed by atoms with Gasteiger partial charge in [-0.3, -0.25) is 0 Å². The Labute approximate surface area is 135 Å². The number of benzene rings is 2. The van der Waals surface area contributed by atoms with Crippen LogP contribution >= 0.6 is 11.6 Å². The zero-order valence-electron chi connectivity index (χ0n) is 12.8. The number of aryl methyl sites for hydroxylation is 3. The third-order valence-electron chi connectivity index (χ3n) is 3.54. The van der Waals surface area contributed by atoms with Crippen molar-refractivity contribution in [1.82, 2.24) is 15.0 Å². The Balaban J connectivity index is 2.12. The standard InChI is InChI=1S/C18H16ClN3/c1-11-4-7-14(8-5-11)16-20-17(22-18(19)21-16)15-9-6-12(2)10-13(15)3/h4-10H,1-3H3. The van der Waals surface area contributed by atoms with Gasteiger partial charge in [0.05, 0.1) is 0 Å². The summed E-state index contributed by atoms with van der Waals surface area (Å²) in [6.07, 6.45) is 0. The van der Waals surface area contributed by atoms with Crippen LogP contribution in [0.1, 0.15) is 16.7 Å². The first-order valence-electron chi connectivity index (χ1n) is 7.09. The minimum atomic E-state index is 0.209. The summed E-state index contributed by atoms with van der Waals surface area (Å²) in [6.45, 7) is 6.16. The van der Waals surface area contributed by atoms with E-state index in [9.17, 15) is 0 Å². The lowest BCUT2D eigenvalue weighted by Crippen LogP contribution is -1.98. The summed E-state index contributed by atoms with van der Waals surface area (Å²) in [7, 11) is 0. The van der Waals surface area contributed by atoms with Crippen molar-refractivity contribution in [3.63, 3.8) is 0 Å². The van der Waals surface area contributed by atoms with Gasteiger partial charge in [0, 0.05) is 11.1 Å². The molecule has 0 amide bonds. The monoisotopic (exact) mass is 309 g/mol. The quantitative estimate of drug-likeness (QED) is 0.683. The molecule has 2 aromatic carbocycles. The first-order valence-corrected chi connectivity index (χ1v) is 7.47. The lowest BCUT2D eigenvalue weighted by molar-refractivity contribution is 1.06. The van der Waals surface area contributed by atoms with Crippen LogP contribution in [0.4, 0.5) is 0 Å². The normalized spacial score (nSPS) is 10.7. The Morgan fingerprint density at radius 1 is 0.727 bits per heavy atom. The van der Waals surface area contributed by atoms with Crippen molar-refractivity contribution in [3.05, 3.63) is 64.4 Å². The van der Waals surface area contributed by atoms with E-state index in [1.165, 1.54) is 11.1 Å². The molecule has 0 radical (unpaired) electrons. The fraction of sp³-hybridized carbons (Fsp3) is 0.167. The second kappa shape index (κ2) is 5.85. The topological polar surface area (TPSA) is 38.7 Å². The number of hydrogen-bond acceptors (Lipinski definition) is 3. The second-order valence-electron chi connectivity index (χ2n) is 5.44. The van der Waals surface area contributed by atoms with Crippen LogP contribution < -0.4 is 0 Å². The minimum absolute atomic E-state index is 0.209. The molecule has 0 unspecified atom stereocenters. The first-order chi connectivity index (χ1) is 10.5. The first kappa shape index (κ1) is 14.7. The third kappa shape index (κ3) is 3.00. The molecule has 0 bridgehead atoms. The smallest absolute Gasteiger partial charge is 0.208 e. The lowest BCUT2D eigenvalue weighted by atomic mass is 10.1. The maximum atomic E-state index is 6.10. The van der Waals surface area contributed by atoms with Crippen LogP contribution in [0, 0.1) is 20.8 Å². The maximum absolute atomic E-state index is 6.10. The van der Waals surface area contributed by atoms with Crippen LogP contribution in [0.5, 0.6) is 0 Å². The van der Waals surface area contributed by atoms with Gasteiger partial charge in [0.25, 0.3) is 0 Å². The molecule has 0 fully saturated rings. The Bertz CT molecular complexity index is 826. The predicted octanol–water partition coefficient (Wildman–Crippen LogP) is 4.78. The summed E-state index contributed by atoms with van der Waals surface area (Å²) in [5, 5.41) is 0.209. The zero-order valence-corrected chi connectivity index (χ0v) is 13.5. The van der Waals surface area contributed by atoms with E-state index in [0.29, 0.717) is 11.6 Å². The van der Waals surface area contributed by atoms with Gasteiger partial charge in [0.2, 0.25) is 5.28 Å². The van der Waals surface area contributed by atoms with E-state index in [1.54, 1.807) is 0 Å². The van der Waals surface area contributed by atoms with E-state index in [4.69, 9.17) is 11.6 Å². The van der Waals surface area contributed by atoms with Gasteiger partial charge in [0.1, 0.15) is 0 Å². The number of halogens is 1. The Morgan fingerprint density at radius 3 is 2.05 bits per heavy atom. The fourth-order valence-electron chi connectivity index (χ4n) is 2.37. The van der Waals surface area contributed by atoms with Crippen LogP contribution in [0.15, 0.2) is 42.5 Å². The van der Waals surface area contributed by atoms with E-state index in [1.807, 2.05) is 50.2 Å². The van der Waals surface area contributed by atoms with Crippen molar-refractivity contribution >= 4 is 11.6 Å². The van der Waals surface area contributed by atoms with Crippen LogP contribution in [-0.4, -0.2) is 15.0 Å². The van der Waals surface area contributed by atoms with Gasteiger partial charge in [0.15, 0.2) is 11.6 Å². The van der Waals surface area contributed by atoms with E-state index in [0.717, 1.165) is 16.7 Å². The van der Waals surface area contributed by atoms with Crippen molar-refractivity contribution in [2.45, 2.75) is 20.8 Å². The molecule has 22 heavy (non-hydrogen) atoms. The van der Waals surface area contributed by atoms with Gasteiger partial charge < -0.3 is 0 Å². The molecule has 0 N–H and O–H groups in total. The molecule has 1 aromatic heterocycles. The van der Waals surface area contributed by atoms with E-state index >= 15 is 0 Å². The molecule has 0 saturated carbocycles. The summed E-state index contributed by atoms with van der Waals surface area (Å²) in [6, 6.07) is 14.2. The summed E-state index contributed by atoms with van der Waals surface area (Å²) in [5.41, 5.74) is 5.43. The van der Waals surface area contributed by atoms with E-state index in [-0.39, 0.29) is 5.28 Å². The molecule has 0 aliphatic heterocycles. The molecule has 0 aliphatic rings. The van der Waals surface area contributed by atoms with Crippen molar-refractivity contribution in [2.75, 3.05) is 0 Å².